The summed E-state index contributed by atoms with van der Waals surface area (Å²) in [7, 11) is 0. The highest BCUT2D eigenvalue weighted by atomic mass is 19.1. The summed E-state index contributed by atoms with van der Waals surface area (Å²) in [5, 5.41) is 14.3. The van der Waals surface area contributed by atoms with Crippen LogP contribution in [0.15, 0.2) is 18.2 Å². The zero-order valence-electron chi connectivity index (χ0n) is 10.9. The van der Waals surface area contributed by atoms with E-state index in [0.29, 0.717) is 13.1 Å². The maximum Gasteiger partial charge on any atom is 0.338 e. The van der Waals surface area contributed by atoms with Crippen molar-refractivity contribution >= 4 is 17.6 Å². The van der Waals surface area contributed by atoms with Crippen LogP contribution in [0.1, 0.15) is 17.3 Å². The van der Waals surface area contributed by atoms with Crippen LogP contribution in [-0.4, -0.2) is 42.3 Å². The molecule has 1 fully saturated rings. The number of benzene rings is 1. The van der Waals surface area contributed by atoms with E-state index in [1.54, 1.807) is 0 Å². The van der Waals surface area contributed by atoms with Crippen molar-refractivity contribution in [2.75, 3.05) is 25.0 Å². The first kappa shape index (κ1) is 14.4. The summed E-state index contributed by atoms with van der Waals surface area (Å²) in [5.41, 5.74) is -0.611. The van der Waals surface area contributed by atoms with E-state index in [4.69, 9.17) is 9.84 Å². The molecule has 0 saturated carbocycles. The molecule has 0 unspecified atom stereocenters. The number of hydrogen-bond donors (Lipinski definition) is 3. The maximum absolute atomic E-state index is 13.2. The fraction of sp³-hybridized carbons (Fsp3) is 0.385. The Hall–Kier alpha value is -1.99. The molecule has 0 atom stereocenters. The predicted octanol–water partition coefficient (Wildman–Crippen LogP) is 0.841. The molecule has 3 N–H and O–H groups in total. The van der Waals surface area contributed by atoms with Crippen molar-refractivity contribution in [3.05, 3.63) is 29.6 Å². The Balaban J connectivity index is 1.94. The van der Waals surface area contributed by atoms with Gasteiger partial charge >= 0.3 is 5.97 Å². The second-order valence-electron chi connectivity index (χ2n) is 4.89. The average Bonchev–Trinajstić information content (AvgIpc) is 2.36. The Morgan fingerprint density at radius 3 is 2.75 bits per heavy atom. The lowest BCUT2D eigenvalue weighted by atomic mass is 10.0. The first-order valence-corrected chi connectivity index (χ1v) is 6.07. The molecule has 0 spiro atoms. The Labute approximate surface area is 114 Å². The molecule has 1 saturated heterocycles. The third-order valence-electron chi connectivity index (χ3n) is 3.03. The predicted molar refractivity (Wildman–Crippen MR) is 69.2 cm³/mol. The van der Waals surface area contributed by atoms with Crippen LogP contribution in [-0.2, 0) is 9.53 Å². The summed E-state index contributed by atoms with van der Waals surface area (Å²) >= 11 is 0. The zero-order chi connectivity index (χ0) is 14.8. The van der Waals surface area contributed by atoms with Crippen LogP contribution in [0.2, 0.25) is 0 Å². The van der Waals surface area contributed by atoms with Crippen LogP contribution in [0.4, 0.5) is 10.1 Å². The van der Waals surface area contributed by atoms with E-state index in [1.165, 1.54) is 6.07 Å². The maximum atomic E-state index is 13.2. The third kappa shape index (κ3) is 3.31. The van der Waals surface area contributed by atoms with Gasteiger partial charge in [0.05, 0.1) is 11.2 Å². The highest BCUT2D eigenvalue weighted by Gasteiger charge is 2.33. The van der Waals surface area contributed by atoms with Gasteiger partial charge in [-0.3, -0.25) is 4.79 Å². The summed E-state index contributed by atoms with van der Waals surface area (Å²) in [6, 6.07) is 3.37. The van der Waals surface area contributed by atoms with Gasteiger partial charge in [-0.15, -0.1) is 0 Å². The fourth-order valence-corrected chi connectivity index (χ4v) is 1.78. The number of hydrogen-bond acceptors (Lipinski definition) is 4. The lowest BCUT2D eigenvalue weighted by molar-refractivity contribution is -0.130. The van der Waals surface area contributed by atoms with E-state index in [-0.39, 0.29) is 17.9 Å². The van der Waals surface area contributed by atoms with Crippen molar-refractivity contribution in [3.63, 3.8) is 0 Å². The van der Waals surface area contributed by atoms with Crippen LogP contribution in [0.25, 0.3) is 0 Å². The van der Waals surface area contributed by atoms with E-state index in [2.05, 4.69) is 10.6 Å². The molecule has 1 aliphatic heterocycles. The minimum absolute atomic E-state index is 0.141. The summed E-state index contributed by atoms with van der Waals surface area (Å²) in [4.78, 5) is 22.4. The van der Waals surface area contributed by atoms with Crippen molar-refractivity contribution < 1.29 is 23.8 Å². The molecule has 20 heavy (non-hydrogen) atoms. The molecule has 0 bridgehead atoms. The summed E-state index contributed by atoms with van der Waals surface area (Å²) in [6.07, 6.45) is 0. The van der Waals surface area contributed by atoms with Gasteiger partial charge in [0, 0.05) is 18.8 Å². The Morgan fingerprint density at radius 1 is 1.50 bits per heavy atom. The van der Waals surface area contributed by atoms with Crippen molar-refractivity contribution in [1.29, 1.82) is 0 Å². The average molecular weight is 282 g/mol. The molecule has 0 aliphatic carbocycles. The number of halogens is 1. The normalized spacial score (nSPS) is 16.3. The van der Waals surface area contributed by atoms with Crippen LogP contribution in [0, 0.1) is 5.82 Å². The summed E-state index contributed by atoms with van der Waals surface area (Å²) < 4.78 is 18.6. The molecule has 2 rings (SSSR count). The van der Waals surface area contributed by atoms with E-state index in [9.17, 15) is 14.0 Å². The Kier molecular flexibility index (Phi) is 4.01. The largest absolute Gasteiger partial charge is 0.478 e. The molecular formula is C13H15FN2O4. The standard InChI is InChI=1S/C13H15FN2O4/c1-13(6-15-7-13)20-5-11(17)16-8-2-3-10(14)9(4-8)12(18)19/h2-4,15H,5-7H2,1H3,(H,16,17)(H,18,19). The third-order valence-corrected chi connectivity index (χ3v) is 3.03. The van der Waals surface area contributed by atoms with Crippen LogP contribution in [0.3, 0.4) is 0 Å². The van der Waals surface area contributed by atoms with Gasteiger partial charge in [-0.05, 0) is 25.1 Å². The molecule has 108 valence electrons. The number of nitrogens with one attached hydrogen (secondary N) is 2. The van der Waals surface area contributed by atoms with Crippen LogP contribution < -0.4 is 10.6 Å². The molecule has 0 radical (unpaired) electrons. The van der Waals surface area contributed by atoms with Gasteiger partial charge in [-0.1, -0.05) is 0 Å². The topological polar surface area (TPSA) is 87.7 Å². The highest BCUT2D eigenvalue weighted by Crippen LogP contribution is 2.17. The second kappa shape index (κ2) is 5.56. The van der Waals surface area contributed by atoms with Gasteiger partial charge in [0.2, 0.25) is 5.91 Å². The SMILES string of the molecule is CC1(OCC(=O)Nc2ccc(F)c(C(=O)O)c2)CNC1. The lowest BCUT2D eigenvalue weighted by Crippen LogP contribution is -2.59. The molecule has 1 aromatic rings. The number of rotatable bonds is 5. The van der Waals surface area contributed by atoms with Gasteiger partial charge in [0.25, 0.3) is 0 Å². The van der Waals surface area contributed by atoms with Crippen LogP contribution in [0.5, 0.6) is 0 Å². The Morgan fingerprint density at radius 2 is 2.20 bits per heavy atom. The number of carbonyl (C=O) groups is 2. The number of aromatic carboxylic acids is 1. The van der Waals surface area contributed by atoms with Crippen LogP contribution >= 0.6 is 0 Å². The Bertz CT molecular complexity index is 543. The van der Waals surface area contributed by atoms with E-state index in [1.807, 2.05) is 6.92 Å². The number of anilines is 1. The molecule has 1 amide bonds. The number of carbonyl (C=O) groups excluding carboxylic acids is 1. The van der Waals surface area contributed by atoms with Gasteiger partial charge in [-0.2, -0.15) is 0 Å². The minimum atomic E-state index is -1.39. The van der Waals surface area contributed by atoms with Gasteiger partial charge in [0.15, 0.2) is 0 Å². The summed E-state index contributed by atoms with van der Waals surface area (Å²) in [6.45, 7) is 3.11. The number of amides is 1. The highest BCUT2D eigenvalue weighted by molar-refractivity contribution is 5.94. The monoisotopic (exact) mass is 282 g/mol. The molecule has 1 heterocycles. The lowest BCUT2D eigenvalue weighted by Gasteiger charge is -2.38. The number of carboxylic acid groups (broad SMARTS) is 1. The molecular weight excluding hydrogens is 267 g/mol. The molecule has 1 aliphatic rings. The van der Waals surface area contributed by atoms with E-state index >= 15 is 0 Å². The van der Waals surface area contributed by atoms with E-state index in [0.717, 1.165) is 12.1 Å². The van der Waals surface area contributed by atoms with Gasteiger partial charge in [-0.25, -0.2) is 9.18 Å². The van der Waals surface area contributed by atoms with Gasteiger partial charge in [0.1, 0.15) is 12.4 Å². The zero-order valence-corrected chi connectivity index (χ0v) is 10.9. The molecule has 1 aromatic carbocycles. The first-order valence-electron chi connectivity index (χ1n) is 6.07. The fourth-order valence-electron chi connectivity index (χ4n) is 1.78. The number of ether oxygens (including phenoxy) is 1. The molecule has 0 aromatic heterocycles. The van der Waals surface area contributed by atoms with Crippen molar-refractivity contribution in [2.24, 2.45) is 0 Å². The van der Waals surface area contributed by atoms with E-state index < -0.39 is 23.3 Å². The second-order valence-corrected chi connectivity index (χ2v) is 4.89. The number of carboxylic acids is 1. The first-order chi connectivity index (χ1) is 9.39. The van der Waals surface area contributed by atoms with Crippen molar-refractivity contribution in [3.8, 4) is 0 Å². The summed E-state index contributed by atoms with van der Waals surface area (Å²) in [5.74, 6) is -2.65. The molecule has 6 nitrogen and oxygen atoms in total. The minimum Gasteiger partial charge on any atom is -0.478 e. The van der Waals surface area contributed by atoms with Gasteiger partial charge < -0.3 is 20.5 Å². The smallest absolute Gasteiger partial charge is 0.338 e. The van der Waals surface area contributed by atoms with Crippen molar-refractivity contribution in [1.82, 2.24) is 5.32 Å². The quantitative estimate of drug-likeness (QED) is 0.745. The van der Waals surface area contributed by atoms with Crippen molar-refractivity contribution in [2.45, 2.75) is 12.5 Å². The molecule has 7 heteroatoms.